The van der Waals surface area contributed by atoms with Crippen molar-refractivity contribution in [2.75, 3.05) is 0 Å². The summed E-state index contributed by atoms with van der Waals surface area (Å²) in [6.07, 6.45) is 4.15. The molecule has 0 saturated carbocycles. The van der Waals surface area contributed by atoms with Crippen LogP contribution in [-0.4, -0.2) is 25.9 Å². The van der Waals surface area contributed by atoms with E-state index in [1.54, 1.807) is 11.0 Å². The first-order chi connectivity index (χ1) is 9.63. The average Bonchev–Trinajstić information content (AvgIpc) is 3.05. The fourth-order valence-electron chi connectivity index (χ4n) is 2.28. The minimum absolute atomic E-state index is 0.161. The lowest BCUT2D eigenvalue weighted by molar-refractivity contribution is 0.0708. The molecule has 0 aromatic carbocycles. The third-order valence-electron chi connectivity index (χ3n) is 3.23. The maximum Gasteiger partial charge on any atom is 0.293 e. The first-order valence-electron chi connectivity index (χ1n) is 6.67. The summed E-state index contributed by atoms with van der Waals surface area (Å²) >= 11 is 0. The first kappa shape index (κ1) is 12.8. The summed E-state index contributed by atoms with van der Waals surface area (Å²) in [6.45, 7) is 5.30. The molecule has 3 rings (SSSR count). The van der Waals surface area contributed by atoms with Gasteiger partial charge in [0.15, 0.2) is 0 Å². The Morgan fingerprint density at radius 1 is 1.45 bits per heavy atom. The number of carbonyl (C=O) groups excluding carboxylic acids is 1. The van der Waals surface area contributed by atoms with Crippen molar-refractivity contribution in [1.82, 2.24) is 20.0 Å². The molecule has 3 heterocycles. The molecule has 0 atom stereocenters. The minimum atomic E-state index is -0.161. The molecule has 0 aliphatic carbocycles. The van der Waals surface area contributed by atoms with Gasteiger partial charge in [0, 0.05) is 30.8 Å². The molecule has 1 amide bonds. The van der Waals surface area contributed by atoms with Crippen LogP contribution >= 0.6 is 0 Å². The Labute approximate surface area is 116 Å². The summed E-state index contributed by atoms with van der Waals surface area (Å²) < 4.78 is 4.91. The Morgan fingerprint density at radius 3 is 3.00 bits per heavy atom. The van der Waals surface area contributed by atoms with E-state index in [1.165, 1.54) is 6.20 Å². The van der Waals surface area contributed by atoms with Crippen molar-refractivity contribution in [3.8, 4) is 0 Å². The molecule has 6 nitrogen and oxygen atoms in total. The molecule has 2 aromatic rings. The SMILES string of the molecule is CC(C)Cc1ncc2c(n1)CN(C(=O)c1ccno1)C2. The smallest absolute Gasteiger partial charge is 0.293 e. The molecule has 0 fully saturated rings. The van der Waals surface area contributed by atoms with E-state index in [4.69, 9.17) is 4.52 Å². The zero-order valence-corrected chi connectivity index (χ0v) is 11.5. The molecule has 0 unspecified atom stereocenters. The highest BCUT2D eigenvalue weighted by molar-refractivity contribution is 5.91. The van der Waals surface area contributed by atoms with Gasteiger partial charge in [0.25, 0.3) is 5.91 Å². The van der Waals surface area contributed by atoms with E-state index in [9.17, 15) is 4.79 Å². The largest absolute Gasteiger partial charge is 0.351 e. The van der Waals surface area contributed by atoms with E-state index in [1.807, 2.05) is 6.20 Å². The Morgan fingerprint density at radius 2 is 2.30 bits per heavy atom. The topological polar surface area (TPSA) is 72.1 Å². The molecule has 6 heteroatoms. The molecular weight excluding hydrogens is 256 g/mol. The molecule has 0 bridgehead atoms. The summed E-state index contributed by atoms with van der Waals surface area (Å²) in [5.41, 5.74) is 1.94. The van der Waals surface area contributed by atoms with Crippen LogP contribution in [-0.2, 0) is 19.5 Å². The number of carbonyl (C=O) groups is 1. The van der Waals surface area contributed by atoms with Crippen molar-refractivity contribution in [3.63, 3.8) is 0 Å². The van der Waals surface area contributed by atoms with Crippen LogP contribution in [0.2, 0.25) is 0 Å². The van der Waals surface area contributed by atoms with Gasteiger partial charge in [0.1, 0.15) is 5.82 Å². The first-order valence-corrected chi connectivity index (χ1v) is 6.67. The maximum atomic E-state index is 12.2. The number of hydrogen-bond acceptors (Lipinski definition) is 5. The number of nitrogens with zero attached hydrogens (tertiary/aromatic N) is 4. The van der Waals surface area contributed by atoms with E-state index >= 15 is 0 Å². The number of amides is 1. The molecular formula is C14H16N4O2. The Kier molecular flexibility index (Phi) is 3.22. The van der Waals surface area contributed by atoms with Crippen LogP contribution in [0.25, 0.3) is 0 Å². The van der Waals surface area contributed by atoms with Crippen molar-refractivity contribution in [1.29, 1.82) is 0 Å². The lowest BCUT2D eigenvalue weighted by Crippen LogP contribution is -2.24. The summed E-state index contributed by atoms with van der Waals surface area (Å²) in [7, 11) is 0. The van der Waals surface area contributed by atoms with Gasteiger partial charge in [0.05, 0.1) is 18.4 Å². The number of hydrogen-bond donors (Lipinski definition) is 0. The van der Waals surface area contributed by atoms with Gasteiger partial charge in [0.2, 0.25) is 5.76 Å². The van der Waals surface area contributed by atoms with Crippen LogP contribution in [0.15, 0.2) is 23.0 Å². The molecule has 0 spiro atoms. The fourth-order valence-corrected chi connectivity index (χ4v) is 2.28. The zero-order valence-electron chi connectivity index (χ0n) is 11.5. The highest BCUT2D eigenvalue weighted by Gasteiger charge is 2.27. The van der Waals surface area contributed by atoms with Crippen molar-refractivity contribution in [2.45, 2.75) is 33.4 Å². The maximum absolute atomic E-state index is 12.2. The molecule has 1 aliphatic heterocycles. The van der Waals surface area contributed by atoms with Gasteiger partial charge in [-0.05, 0) is 5.92 Å². The van der Waals surface area contributed by atoms with Gasteiger partial charge in [-0.1, -0.05) is 19.0 Å². The van der Waals surface area contributed by atoms with Crippen LogP contribution in [0.1, 0.15) is 41.5 Å². The predicted octanol–water partition coefficient (Wildman–Crippen LogP) is 1.82. The molecule has 0 radical (unpaired) electrons. The van der Waals surface area contributed by atoms with E-state index in [-0.39, 0.29) is 11.7 Å². The Balaban J connectivity index is 1.77. The van der Waals surface area contributed by atoms with E-state index in [0.717, 1.165) is 23.5 Å². The fraction of sp³-hybridized carbons (Fsp3) is 0.429. The zero-order chi connectivity index (χ0) is 14.1. The van der Waals surface area contributed by atoms with Crippen LogP contribution in [0.4, 0.5) is 0 Å². The van der Waals surface area contributed by atoms with Crippen LogP contribution < -0.4 is 0 Å². The van der Waals surface area contributed by atoms with E-state index in [2.05, 4.69) is 29.0 Å². The minimum Gasteiger partial charge on any atom is -0.351 e. The van der Waals surface area contributed by atoms with Gasteiger partial charge in [-0.3, -0.25) is 4.79 Å². The van der Waals surface area contributed by atoms with Gasteiger partial charge < -0.3 is 9.42 Å². The molecule has 0 N–H and O–H groups in total. The Hall–Kier alpha value is -2.24. The van der Waals surface area contributed by atoms with Crippen molar-refractivity contribution >= 4 is 5.91 Å². The highest BCUT2D eigenvalue weighted by Crippen LogP contribution is 2.22. The molecule has 20 heavy (non-hydrogen) atoms. The second-order valence-electron chi connectivity index (χ2n) is 5.39. The van der Waals surface area contributed by atoms with Gasteiger partial charge in [-0.25, -0.2) is 9.97 Å². The second-order valence-corrected chi connectivity index (χ2v) is 5.39. The van der Waals surface area contributed by atoms with Crippen molar-refractivity contribution < 1.29 is 9.32 Å². The predicted molar refractivity (Wildman–Crippen MR) is 70.7 cm³/mol. The molecule has 1 aliphatic rings. The summed E-state index contributed by atoms with van der Waals surface area (Å²) in [5, 5.41) is 3.56. The third kappa shape index (κ3) is 2.41. The lowest BCUT2D eigenvalue weighted by atomic mass is 10.1. The average molecular weight is 272 g/mol. The highest BCUT2D eigenvalue weighted by atomic mass is 16.5. The van der Waals surface area contributed by atoms with E-state index in [0.29, 0.717) is 19.0 Å². The number of rotatable bonds is 3. The standard InChI is InChI=1S/C14H16N4O2/c1-9(2)5-13-15-6-10-7-18(8-11(10)17-13)14(19)12-3-4-16-20-12/h3-4,6,9H,5,7-8H2,1-2H3. The monoisotopic (exact) mass is 272 g/mol. The molecule has 104 valence electrons. The third-order valence-corrected chi connectivity index (χ3v) is 3.23. The second kappa shape index (κ2) is 5.03. The number of aromatic nitrogens is 3. The Bertz CT molecular complexity index is 622. The van der Waals surface area contributed by atoms with Gasteiger partial charge in [-0.2, -0.15) is 0 Å². The number of fused-ring (bicyclic) bond motifs is 1. The van der Waals surface area contributed by atoms with Crippen molar-refractivity contribution in [2.24, 2.45) is 5.92 Å². The quantitative estimate of drug-likeness (QED) is 0.852. The molecule has 2 aromatic heterocycles. The van der Waals surface area contributed by atoms with Crippen LogP contribution in [0.5, 0.6) is 0 Å². The van der Waals surface area contributed by atoms with Crippen LogP contribution in [0.3, 0.4) is 0 Å². The molecule has 0 saturated heterocycles. The summed E-state index contributed by atoms with van der Waals surface area (Å²) in [4.78, 5) is 22.8. The summed E-state index contributed by atoms with van der Waals surface area (Å²) in [6, 6.07) is 1.57. The lowest BCUT2D eigenvalue weighted by Gasteiger charge is -2.11. The van der Waals surface area contributed by atoms with Gasteiger partial charge >= 0.3 is 0 Å². The van der Waals surface area contributed by atoms with Gasteiger partial charge in [-0.15, -0.1) is 0 Å². The summed E-state index contributed by atoms with van der Waals surface area (Å²) in [5.74, 6) is 1.45. The van der Waals surface area contributed by atoms with E-state index < -0.39 is 0 Å². The van der Waals surface area contributed by atoms with Crippen molar-refractivity contribution in [3.05, 3.63) is 41.3 Å². The normalized spacial score (nSPS) is 13.8. The van der Waals surface area contributed by atoms with Crippen LogP contribution in [0, 0.1) is 5.92 Å².